The number of nitro benzene ring substituents is 1. The van der Waals surface area contributed by atoms with E-state index >= 15 is 0 Å². The molecule has 0 fully saturated rings. The Bertz CT molecular complexity index is 590. The van der Waals surface area contributed by atoms with Crippen molar-refractivity contribution in [2.24, 2.45) is 0 Å². The third-order valence-corrected chi connectivity index (χ3v) is 2.33. The second-order valence-corrected chi connectivity index (χ2v) is 3.62. The molecule has 0 aliphatic heterocycles. The zero-order valence-corrected chi connectivity index (χ0v) is 9.41. The average molecular weight is 233 g/mol. The lowest BCUT2D eigenvalue weighted by atomic mass is 10.2. The lowest BCUT2D eigenvalue weighted by molar-refractivity contribution is -0.383. The quantitative estimate of drug-likeness (QED) is 0.479. The van der Waals surface area contributed by atoms with Gasteiger partial charge in [-0.3, -0.25) is 10.1 Å². The number of hydrogen-bond donors (Lipinski definition) is 1. The van der Waals surface area contributed by atoms with Crippen molar-refractivity contribution in [3.05, 3.63) is 40.0 Å². The van der Waals surface area contributed by atoms with E-state index in [2.05, 4.69) is 10.1 Å². The molecule has 0 aliphatic rings. The van der Waals surface area contributed by atoms with Crippen LogP contribution >= 0.6 is 0 Å². The van der Waals surface area contributed by atoms with Gasteiger partial charge in [0.2, 0.25) is 0 Å². The fourth-order valence-corrected chi connectivity index (χ4v) is 1.61. The molecule has 1 aromatic carbocycles. The van der Waals surface area contributed by atoms with Crippen molar-refractivity contribution in [2.45, 2.75) is 13.8 Å². The number of nitrogens with zero attached hydrogens (tertiary/aromatic N) is 4. The Morgan fingerprint density at radius 3 is 2.59 bits per heavy atom. The molecule has 2 aromatic rings. The molecule has 2 N–H and O–H groups in total. The first-order valence-corrected chi connectivity index (χ1v) is 4.93. The summed E-state index contributed by atoms with van der Waals surface area (Å²) >= 11 is 0. The van der Waals surface area contributed by atoms with Gasteiger partial charge in [0.25, 0.3) is 5.69 Å². The molecule has 0 amide bonds. The molecule has 0 spiro atoms. The molecule has 88 valence electrons. The Morgan fingerprint density at radius 1 is 1.41 bits per heavy atom. The van der Waals surface area contributed by atoms with Crippen LogP contribution in [-0.2, 0) is 0 Å². The van der Waals surface area contributed by atoms with Crippen LogP contribution in [0.1, 0.15) is 11.6 Å². The minimum Gasteiger partial charge on any atom is -0.393 e. The van der Waals surface area contributed by atoms with E-state index in [1.54, 1.807) is 24.6 Å². The van der Waals surface area contributed by atoms with E-state index in [1.807, 2.05) is 0 Å². The van der Waals surface area contributed by atoms with Gasteiger partial charge in [0.15, 0.2) is 0 Å². The Hall–Kier alpha value is -2.44. The molecule has 17 heavy (non-hydrogen) atoms. The van der Waals surface area contributed by atoms with Gasteiger partial charge < -0.3 is 5.73 Å². The Balaban J connectivity index is 2.51. The Kier molecular flexibility index (Phi) is 2.51. The molecule has 7 nitrogen and oxygen atoms in total. The summed E-state index contributed by atoms with van der Waals surface area (Å²) in [5, 5.41) is 14.8. The maximum absolute atomic E-state index is 10.6. The summed E-state index contributed by atoms with van der Waals surface area (Å²) in [6, 6.07) is 4.47. The van der Waals surface area contributed by atoms with Crippen molar-refractivity contribution in [1.29, 1.82) is 0 Å². The molecule has 2 rings (SSSR count). The summed E-state index contributed by atoms with van der Waals surface area (Å²) in [5.41, 5.74) is 6.27. The topological polar surface area (TPSA) is 99.9 Å². The number of hydrogen-bond acceptors (Lipinski definition) is 5. The van der Waals surface area contributed by atoms with Crippen molar-refractivity contribution in [2.75, 3.05) is 5.73 Å². The van der Waals surface area contributed by atoms with E-state index in [-0.39, 0.29) is 11.4 Å². The van der Waals surface area contributed by atoms with Gasteiger partial charge in [-0.05, 0) is 26.0 Å². The molecule has 7 heteroatoms. The van der Waals surface area contributed by atoms with Crippen LogP contribution in [0.2, 0.25) is 0 Å². The summed E-state index contributed by atoms with van der Waals surface area (Å²) in [4.78, 5) is 14.3. The molecular weight excluding hydrogens is 222 g/mol. The van der Waals surface area contributed by atoms with Crippen LogP contribution in [0.3, 0.4) is 0 Å². The smallest absolute Gasteiger partial charge is 0.292 e. The molecule has 0 radical (unpaired) electrons. The number of rotatable bonds is 2. The van der Waals surface area contributed by atoms with Crippen LogP contribution < -0.4 is 5.73 Å². The van der Waals surface area contributed by atoms with Gasteiger partial charge in [0, 0.05) is 6.07 Å². The highest BCUT2D eigenvalue weighted by Crippen LogP contribution is 2.24. The van der Waals surface area contributed by atoms with Crippen LogP contribution in [0.15, 0.2) is 18.2 Å². The van der Waals surface area contributed by atoms with E-state index in [9.17, 15) is 10.1 Å². The first-order valence-electron chi connectivity index (χ1n) is 4.93. The third kappa shape index (κ3) is 1.94. The summed E-state index contributed by atoms with van der Waals surface area (Å²) in [6.45, 7) is 3.58. The number of nitrogen functional groups attached to an aromatic ring is 1. The summed E-state index contributed by atoms with van der Waals surface area (Å²) < 4.78 is 1.59. The van der Waals surface area contributed by atoms with E-state index in [4.69, 9.17) is 5.73 Å². The van der Waals surface area contributed by atoms with Crippen LogP contribution in [0.25, 0.3) is 5.69 Å². The SMILES string of the molecule is Cc1nc(C)n(-c2ccc([N+](=O)[O-])c(N)c2)n1. The molecule has 1 aromatic heterocycles. The number of nitro groups is 1. The predicted octanol–water partition coefficient (Wildman–Crippen LogP) is 1.37. The molecule has 0 aliphatic carbocycles. The van der Waals surface area contributed by atoms with Crippen LogP contribution in [-0.4, -0.2) is 19.7 Å². The van der Waals surface area contributed by atoms with Crippen molar-refractivity contribution < 1.29 is 4.92 Å². The molecule has 0 bridgehead atoms. The fraction of sp³-hybridized carbons (Fsp3) is 0.200. The van der Waals surface area contributed by atoms with Gasteiger partial charge in [-0.15, -0.1) is 0 Å². The van der Waals surface area contributed by atoms with E-state index in [1.165, 1.54) is 12.1 Å². The zero-order chi connectivity index (χ0) is 12.6. The fourth-order valence-electron chi connectivity index (χ4n) is 1.61. The average Bonchev–Trinajstić information content (AvgIpc) is 2.57. The van der Waals surface area contributed by atoms with Gasteiger partial charge in [0.05, 0.1) is 10.6 Å². The number of benzene rings is 1. The number of anilines is 1. The van der Waals surface area contributed by atoms with Crippen molar-refractivity contribution in [3.63, 3.8) is 0 Å². The highest BCUT2D eigenvalue weighted by Gasteiger charge is 2.13. The summed E-state index contributed by atoms with van der Waals surface area (Å²) in [6.07, 6.45) is 0. The summed E-state index contributed by atoms with van der Waals surface area (Å²) in [7, 11) is 0. The predicted molar refractivity (Wildman–Crippen MR) is 61.9 cm³/mol. The lowest BCUT2D eigenvalue weighted by Gasteiger charge is -2.04. The van der Waals surface area contributed by atoms with Gasteiger partial charge in [0.1, 0.15) is 17.3 Å². The number of aromatic nitrogens is 3. The third-order valence-electron chi connectivity index (χ3n) is 2.33. The summed E-state index contributed by atoms with van der Waals surface area (Å²) in [5.74, 6) is 1.34. The van der Waals surface area contributed by atoms with Crippen LogP contribution in [0, 0.1) is 24.0 Å². The second kappa shape index (κ2) is 3.85. The van der Waals surface area contributed by atoms with Crippen molar-refractivity contribution >= 4 is 11.4 Å². The first-order chi connectivity index (χ1) is 7.99. The highest BCUT2D eigenvalue weighted by molar-refractivity contribution is 5.62. The van der Waals surface area contributed by atoms with Crippen molar-refractivity contribution in [3.8, 4) is 5.69 Å². The minimum atomic E-state index is -0.515. The van der Waals surface area contributed by atoms with E-state index < -0.39 is 4.92 Å². The van der Waals surface area contributed by atoms with E-state index in [0.717, 1.165) is 0 Å². The molecule has 0 saturated heterocycles. The molecule has 0 unspecified atom stereocenters. The van der Waals surface area contributed by atoms with Crippen molar-refractivity contribution in [1.82, 2.24) is 14.8 Å². The van der Waals surface area contributed by atoms with Crippen LogP contribution in [0.4, 0.5) is 11.4 Å². The lowest BCUT2D eigenvalue weighted by Crippen LogP contribution is -2.02. The number of aryl methyl sites for hydroxylation is 2. The largest absolute Gasteiger partial charge is 0.393 e. The van der Waals surface area contributed by atoms with Gasteiger partial charge in [-0.25, -0.2) is 9.67 Å². The van der Waals surface area contributed by atoms with Gasteiger partial charge in [-0.2, -0.15) is 5.10 Å². The maximum Gasteiger partial charge on any atom is 0.292 e. The van der Waals surface area contributed by atoms with E-state index in [0.29, 0.717) is 17.3 Å². The number of nitrogens with two attached hydrogens (primary N) is 1. The second-order valence-electron chi connectivity index (χ2n) is 3.62. The Labute approximate surface area is 97.0 Å². The molecule has 1 heterocycles. The first kappa shape index (κ1) is 11.1. The van der Waals surface area contributed by atoms with Crippen LogP contribution in [0.5, 0.6) is 0 Å². The zero-order valence-electron chi connectivity index (χ0n) is 9.41. The maximum atomic E-state index is 10.6. The Morgan fingerprint density at radius 2 is 2.12 bits per heavy atom. The highest BCUT2D eigenvalue weighted by atomic mass is 16.6. The molecule has 0 atom stereocenters. The minimum absolute atomic E-state index is 0.108. The normalized spacial score (nSPS) is 10.5. The standard InChI is InChI=1S/C10H11N5O2/c1-6-12-7(2)14(13-6)8-3-4-10(15(16)17)9(11)5-8/h3-5H,11H2,1-2H3. The molecular formula is C10H11N5O2. The van der Waals surface area contributed by atoms with Gasteiger partial charge in [-0.1, -0.05) is 0 Å². The van der Waals surface area contributed by atoms with Gasteiger partial charge >= 0.3 is 0 Å². The monoisotopic (exact) mass is 233 g/mol. The molecule has 0 saturated carbocycles.